The highest BCUT2D eigenvalue weighted by Crippen LogP contribution is 2.19. The minimum Gasteiger partial charge on any atom is -0.336 e. The van der Waals surface area contributed by atoms with Crippen molar-refractivity contribution >= 4 is 11.7 Å². The molecule has 3 N–H and O–H groups in total. The molecule has 2 aromatic rings. The Morgan fingerprint density at radius 3 is 2.74 bits per heavy atom. The zero-order valence-electron chi connectivity index (χ0n) is 15.0. The van der Waals surface area contributed by atoms with Gasteiger partial charge >= 0.3 is 6.03 Å². The first kappa shape index (κ1) is 18.9. The number of rotatable bonds is 5. The third-order valence-corrected chi connectivity index (χ3v) is 4.81. The van der Waals surface area contributed by atoms with Crippen LogP contribution in [0.3, 0.4) is 0 Å². The molecule has 3 rings (SSSR count). The van der Waals surface area contributed by atoms with E-state index in [1.54, 1.807) is 24.3 Å². The van der Waals surface area contributed by atoms with E-state index in [9.17, 15) is 9.18 Å². The lowest BCUT2D eigenvalue weighted by molar-refractivity contribution is 0.247. The number of halogens is 1. The van der Waals surface area contributed by atoms with Crippen LogP contribution in [0.25, 0.3) is 0 Å². The van der Waals surface area contributed by atoms with Gasteiger partial charge in [-0.15, -0.1) is 0 Å². The fourth-order valence-electron chi connectivity index (χ4n) is 3.33. The van der Waals surface area contributed by atoms with Gasteiger partial charge in [0.25, 0.3) is 0 Å². The number of carbonyl (C=O) groups excluding carboxylic acids is 1. The number of anilines is 1. The van der Waals surface area contributed by atoms with Crippen LogP contribution in [0.2, 0.25) is 0 Å². The van der Waals surface area contributed by atoms with Gasteiger partial charge in [0.2, 0.25) is 0 Å². The third-order valence-electron chi connectivity index (χ3n) is 4.81. The predicted molar refractivity (Wildman–Crippen MR) is 103 cm³/mol. The van der Waals surface area contributed by atoms with E-state index in [-0.39, 0.29) is 17.9 Å². The van der Waals surface area contributed by atoms with Crippen molar-refractivity contribution in [1.82, 2.24) is 10.6 Å². The average Bonchev–Trinajstić information content (AvgIpc) is 2.69. The maximum atomic E-state index is 13.0. The van der Waals surface area contributed by atoms with Crippen LogP contribution in [0.5, 0.6) is 0 Å². The van der Waals surface area contributed by atoms with Gasteiger partial charge in [-0.25, -0.2) is 9.18 Å². The van der Waals surface area contributed by atoms with Crippen LogP contribution >= 0.6 is 0 Å². The molecular weight excluding hydrogens is 343 g/mol. The first-order valence-electron chi connectivity index (χ1n) is 9.15. The van der Waals surface area contributed by atoms with Crippen molar-refractivity contribution in [1.29, 1.82) is 5.26 Å². The van der Waals surface area contributed by atoms with Gasteiger partial charge in [0.1, 0.15) is 5.82 Å². The van der Waals surface area contributed by atoms with Gasteiger partial charge in [-0.1, -0.05) is 18.2 Å². The van der Waals surface area contributed by atoms with Crippen LogP contribution in [0.1, 0.15) is 24.0 Å². The standard InChI is InChI=1S/C21H23FN4O/c22-18-7-4-15(5-8-18)10-17-6-9-20(24-13-17)14-25-21(27)26-19-3-1-2-16(11-19)12-23/h1-5,7-8,11,17,20,24H,6,9-10,13-14H2,(H2,25,26,27)/t17-,20-/m1/s1. The minimum absolute atomic E-state index is 0.204. The molecule has 2 amide bonds. The summed E-state index contributed by atoms with van der Waals surface area (Å²) in [7, 11) is 0. The van der Waals surface area contributed by atoms with Gasteiger partial charge in [-0.3, -0.25) is 0 Å². The van der Waals surface area contributed by atoms with E-state index in [4.69, 9.17) is 5.26 Å². The Labute approximate surface area is 158 Å². The lowest BCUT2D eigenvalue weighted by Crippen LogP contribution is -2.47. The Morgan fingerprint density at radius 2 is 2.04 bits per heavy atom. The summed E-state index contributed by atoms with van der Waals surface area (Å²) < 4.78 is 13.0. The molecule has 2 atom stereocenters. The molecule has 1 saturated heterocycles. The number of amides is 2. The summed E-state index contributed by atoms with van der Waals surface area (Å²) in [4.78, 5) is 12.0. The number of piperidine rings is 1. The van der Waals surface area contributed by atoms with Crippen molar-refractivity contribution in [3.05, 3.63) is 65.5 Å². The molecule has 0 saturated carbocycles. The van der Waals surface area contributed by atoms with Gasteiger partial charge < -0.3 is 16.0 Å². The fourth-order valence-corrected chi connectivity index (χ4v) is 3.33. The molecule has 1 heterocycles. The van der Waals surface area contributed by atoms with Crippen LogP contribution < -0.4 is 16.0 Å². The van der Waals surface area contributed by atoms with Crippen LogP contribution in [0.4, 0.5) is 14.9 Å². The topological polar surface area (TPSA) is 77.0 Å². The number of hydrogen-bond acceptors (Lipinski definition) is 3. The first-order chi connectivity index (χ1) is 13.1. The summed E-state index contributed by atoms with van der Waals surface area (Å²) in [6.07, 6.45) is 2.99. The van der Waals surface area contributed by atoms with E-state index in [0.717, 1.165) is 31.4 Å². The van der Waals surface area contributed by atoms with E-state index in [1.807, 2.05) is 18.2 Å². The summed E-state index contributed by atoms with van der Waals surface area (Å²) in [6, 6.07) is 15.5. The molecule has 1 aliphatic rings. The molecule has 140 valence electrons. The van der Waals surface area contributed by atoms with Crippen molar-refractivity contribution < 1.29 is 9.18 Å². The number of nitrogens with zero attached hydrogens (tertiary/aromatic N) is 1. The minimum atomic E-state index is -0.277. The Kier molecular flexibility index (Phi) is 6.39. The van der Waals surface area contributed by atoms with E-state index in [1.165, 1.54) is 12.1 Å². The van der Waals surface area contributed by atoms with Gasteiger partial charge in [-0.2, -0.15) is 5.26 Å². The Morgan fingerprint density at radius 1 is 1.22 bits per heavy atom. The van der Waals surface area contributed by atoms with Crippen molar-refractivity contribution in [2.75, 3.05) is 18.4 Å². The van der Waals surface area contributed by atoms with Crippen LogP contribution in [0, 0.1) is 23.1 Å². The fraction of sp³-hybridized carbons (Fsp3) is 0.333. The molecule has 0 radical (unpaired) electrons. The highest BCUT2D eigenvalue weighted by molar-refractivity contribution is 5.89. The second kappa shape index (κ2) is 9.15. The molecule has 1 aliphatic heterocycles. The number of urea groups is 1. The Balaban J connectivity index is 1.38. The lowest BCUT2D eigenvalue weighted by atomic mass is 9.89. The van der Waals surface area contributed by atoms with Crippen molar-refractivity contribution in [3.63, 3.8) is 0 Å². The second-order valence-electron chi connectivity index (χ2n) is 6.91. The Bertz CT molecular complexity index is 808. The molecule has 1 fully saturated rings. The normalized spacial score (nSPS) is 19.1. The number of carbonyl (C=O) groups is 1. The second-order valence-corrected chi connectivity index (χ2v) is 6.91. The molecule has 27 heavy (non-hydrogen) atoms. The highest BCUT2D eigenvalue weighted by Gasteiger charge is 2.21. The largest absolute Gasteiger partial charge is 0.336 e. The molecule has 6 heteroatoms. The van der Waals surface area contributed by atoms with E-state index < -0.39 is 0 Å². The molecule has 0 aromatic heterocycles. The number of nitriles is 1. The summed E-state index contributed by atoms with van der Waals surface area (Å²) in [5.41, 5.74) is 2.26. The molecule has 0 bridgehead atoms. The predicted octanol–water partition coefficient (Wildman–Crippen LogP) is 3.43. The molecule has 0 spiro atoms. The Hall–Kier alpha value is -2.91. The third kappa shape index (κ3) is 5.80. The summed E-state index contributed by atoms with van der Waals surface area (Å²) in [5, 5.41) is 18.0. The molecule has 5 nitrogen and oxygen atoms in total. The van der Waals surface area contributed by atoms with E-state index >= 15 is 0 Å². The monoisotopic (exact) mass is 366 g/mol. The van der Waals surface area contributed by atoms with Crippen LogP contribution in [-0.2, 0) is 6.42 Å². The quantitative estimate of drug-likeness (QED) is 0.759. The number of benzene rings is 2. The first-order valence-corrected chi connectivity index (χ1v) is 9.15. The van der Waals surface area contributed by atoms with E-state index in [0.29, 0.717) is 23.7 Å². The van der Waals surface area contributed by atoms with E-state index in [2.05, 4.69) is 16.0 Å². The molecule has 0 unspecified atom stereocenters. The maximum absolute atomic E-state index is 13.0. The van der Waals surface area contributed by atoms with Crippen molar-refractivity contribution in [3.8, 4) is 6.07 Å². The summed E-state index contributed by atoms with van der Waals surface area (Å²) in [5.74, 6) is 0.318. The summed E-state index contributed by atoms with van der Waals surface area (Å²) in [6.45, 7) is 1.43. The maximum Gasteiger partial charge on any atom is 0.319 e. The lowest BCUT2D eigenvalue weighted by Gasteiger charge is -2.30. The molecular formula is C21H23FN4O. The number of hydrogen-bond donors (Lipinski definition) is 3. The van der Waals surface area contributed by atoms with Gasteiger partial charge in [-0.05, 0) is 67.6 Å². The highest BCUT2D eigenvalue weighted by atomic mass is 19.1. The average molecular weight is 366 g/mol. The smallest absolute Gasteiger partial charge is 0.319 e. The molecule has 0 aliphatic carbocycles. The van der Waals surface area contributed by atoms with Crippen LogP contribution in [-0.4, -0.2) is 25.2 Å². The van der Waals surface area contributed by atoms with Gasteiger partial charge in [0.05, 0.1) is 11.6 Å². The summed E-state index contributed by atoms with van der Waals surface area (Å²) >= 11 is 0. The van der Waals surface area contributed by atoms with Gasteiger partial charge in [0, 0.05) is 18.3 Å². The zero-order valence-corrected chi connectivity index (χ0v) is 15.0. The SMILES string of the molecule is N#Cc1cccc(NC(=O)NC[C@H]2CC[C@H](Cc3ccc(F)cc3)CN2)c1. The van der Waals surface area contributed by atoms with Gasteiger partial charge in [0.15, 0.2) is 0 Å². The van der Waals surface area contributed by atoms with Crippen molar-refractivity contribution in [2.45, 2.75) is 25.3 Å². The molecule has 2 aromatic carbocycles. The number of nitrogens with one attached hydrogen (secondary N) is 3. The van der Waals surface area contributed by atoms with Crippen molar-refractivity contribution in [2.24, 2.45) is 5.92 Å². The zero-order chi connectivity index (χ0) is 19.1. The van der Waals surface area contributed by atoms with Crippen LogP contribution in [0.15, 0.2) is 48.5 Å².